The molecule has 1 aromatic heterocycles. The molecule has 1 heterocycles. The molecular weight excluding hydrogens is 418 g/mol. The van der Waals surface area contributed by atoms with E-state index in [2.05, 4.69) is 10.3 Å². The molecule has 3 rings (SSSR count). The largest absolute Gasteiger partial charge is 0.495 e. The second-order valence-corrected chi connectivity index (χ2v) is 7.20. The van der Waals surface area contributed by atoms with Gasteiger partial charge in [0.15, 0.2) is 6.61 Å². The van der Waals surface area contributed by atoms with Crippen molar-refractivity contribution in [3.05, 3.63) is 59.8 Å². The minimum Gasteiger partial charge on any atom is -0.495 e. The molecule has 0 atom stereocenters. The van der Waals surface area contributed by atoms with E-state index < -0.39 is 0 Å². The van der Waals surface area contributed by atoms with Gasteiger partial charge in [-0.2, -0.15) is 0 Å². The van der Waals surface area contributed by atoms with Gasteiger partial charge >= 0.3 is 0 Å². The Balaban J connectivity index is 1.65. The van der Waals surface area contributed by atoms with Crippen molar-refractivity contribution in [1.82, 2.24) is 9.88 Å². The van der Waals surface area contributed by atoms with E-state index >= 15 is 0 Å². The topological polar surface area (TPSA) is 80.8 Å². The van der Waals surface area contributed by atoms with Crippen LogP contribution in [0.15, 0.2) is 54.7 Å². The Bertz CT molecular complexity index is 1070. The van der Waals surface area contributed by atoms with Gasteiger partial charge in [0.25, 0.3) is 5.91 Å². The van der Waals surface area contributed by atoms with Crippen LogP contribution in [0.3, 0.4) is 0 Å². The van der Waals surface area contributed by atoms with E-state index in [9.17, 15) is 9.59 Å². The summed E-state index contributed by atoms with van der Waals surface area (Å²) in [6.07, 6.45) is 2.35. The van der Waals surface area contributed by atoms with E-state index in [1.807, 2.05) is 19.1 Å². The molecule has 7 nitrogen and oxygen atoms in total. The van der Waals surface area contributed by atoms with Crippen LogP contribution in [0.5, 0.6) is 11.5 Å². The van der Waals surface area contributed by atoms with E-state index in [-0.39, 0.29) is 25.0 Å². The number of carbonyl (C=O) groups excluding carboxylic acids is 2. The van der Waals surface area contributed by atoms with Crippen LogP contribution in [0, 0.1) is 0 Å². The Labute approximate surface area is 185 Å². The first-order chi connectivity index (χ1) is 15.0. The van der Waals surface area contributed by atoms with Crippen molar-refractivity contribution in [1.29, 1.82) is 0 Å². The number of hydrogen-bond donors (Lipinski definition) is 1. The zero-order valence-electron chi connectivity index (χ0n) is 17.4. The average molecular weight is 442 g/mol. The summed E-state index contributed by atoms with van der Waals surface area (Å²) in [6.45, 7) is 2.07. The van der Waals surface area contributed by atoms with Crippen LogP contribution in [-0.4, -0.2) is 48.5 Å². The number of pyridine rings is 1. The number of hydrogen-bond acceptors (Lipinski definition) is 5. The van der Waals surface area contributed by atoms with Crippen molar-refractivity contribution >= 4 is 40.0 Å². The monoisotopic (exact) mass is 441 g/mol. The molecule has 0 saturated heterocycles. The van der Waals surface area contributed by atoms with E-state index in [4.69, 9.17) is 21.1 Å². The minimum atomic E-state index is -0.315. The number of carbonyl (C=O) groups is 2. The lowest BCUT2D eigenvalue weighted by molar-refractivity contribution is -0.136. The van der Waals surface area contributed by atoms with Gasteiger partial charge < -0.3 is 19.7 Å². The van der Waals surface area contributed by atoms with Crippen molar-refractivity contribution in [2.45, 2.75) is 13.3 Å². The summed E-state index contributed by atoms with van der Waals surface area (Å²) in [5, 5.41) is 4.09. The average Bonchev–Trinajstić information content (AvgIpc) is 2.78. The third-order valence-corrected chi connectivity index (χ3v) is 4.92. The summed E-state index contributed by atoms with van der Waals surface area (Å²) in [6, 6.07) is 14.1. The molecule has 0 radical (unpaired) electrons. The van der Waals surface area contributed by atoms with E-state index in [1.54, 1.807) is 42.6 Å². The number of amides is 2. The van der Waals surface area contributed by atoms with Crippen LogP contribution in [0.2, 0.25) is 5.02 Å². The fourth-order valence-corrected chi connectivity index (χ4v) is 3.35. The molecule has 0 bridgehead atoms. The number of methoxy groups -OCH3 is 1. The van der Waals surface area contributed by atoms with E-state index in [1.165, 1.54) is 12.0 Å². The van der Waals surface area contributed by atoms with Crippen LogP contribution in [0.4, 0.5) is 5.69 Å². The van der Waals surface area contributed by atoms with Crippen molar-refractivity contribution in [2.24, 2.45) is 0 Å². The van der Waals surface area contributed by atoms with Crippen LogP contribution in [0.25, 0.3) is 10.9 Å². The molecule has 0 unspecified atom stereocenters. The normalized spacial score (nSPS) is 10.5. The number of fused-ring (bicyclic) bond motifs is 1. The summed E-state index contributed by atoms with van der Waals surface area (Å²) < 4.78 is 11.0. The Kier molecular flexibility index (Phi) is 7.67. The Hall–Kier alpha value is -3.32. The van der Waals surface area contributed by atoms with Crippen molar-refractivity contribution in [3.63, 3.8) is 0 Å². The molecule has 0 fully saturated rings. The number of nitrogens with zero attached hydrogens (tertiary/aromatic N) is 2. The number of benzene rings is 2. The summed E-state index contributed by atoms with van der Waals surface area (Å²) in [4.78, 5) is 31.1. The van der Waals surface area contributed by atoms with Crippen LogP contribution in [-0.2, 0) is 9.59 Å². The van der Waals surface area contributed by atoms with Crippen LogP contribution in [0.1, 0.15) is 13.3 Å². The predicted molar refractivity (Wildman–Crippen MR) is 121 cm³/mol. The van der Waals surface area contributed by atoms with Gasteiger partial charge in [-0.1, -0.05) is 30.7 Å². The standard InChI is InChI=1S/C23H24ClN3O4/c1-3-13-27(14-21(28)26-18-8-4-5-9-19(18)30-2)22(29)15-31-20-11-10-17(24)16-7-6-12-25-23(16)20/h4-12H,3,13-15H2,1-2H3,(H,26,28). The molecule has 0 aliphatic heterocycles. The molecule has 2 aromatic carbocycles. The molecule has 1 N–H and O–H groups in total. The Morgan fingerprint density at radius 2 is 1.90 bits per heavy atom. The van der Waals surface area contributed by atoms with Crippen molar-refractivity contribution < 1.29 is 19.1 Å². The molecule has 8 heteroatoms. The lowest BCUT2D eigenvalue weighted by Crippen LogP contribution is -2.41. The molecule has 0 saturated carbocycles. The molecular formula is C23H24ClN3O4. The first-order valence-electron chi connectivity index (χ1n) is 9.90. The lowest BCUT2D eigenvalue weighted by atomic mass is 10.2. The molecule has 2 amide bonds. The molecule has 31 heavy (non-hydrogen) atoms. The van der Waals surface area contributed by atoms with Gasteiger partial charge in [0, 0.05) is 18.1 Å². The Morgan fingerprint density at radius 1 is 1.10 bits per heavy atom. The maximum absolute atomic E-state index is 12.8. The first-order valence-corrected chi connectivity index (χ1v) is 10.3. The third kappa shape index (κ3) is 5.64. The fraction of sp³-hybridized carbons (Fsp3) is 0.261. The number of anilines is 1. The first kappa shape index (κ1) is 22.4. The number of rotatable bonds is 9. The highest BCUT2D eigenvalue weighted by Gasteiger charge is 2.19. The molecule has 0 aliphatic carbocycles. The minimum absolute atomic E-state index is 0.0896. The molecule has 0 spiro atoms. The molecule has 0 aliphatic rings. The number of nitrogens with one attached hydrogen (secondary N) is 1. The zero-order chi connectivity index (χ0) is 22.2. The van der Waals surface area contributed by atoms with Crippen LogP contribution >= 0.6 is 11.6 Å². The summed E-state index contributed by atoms with van der Waals surface area (Å²) in [5.74, 6) is 0.402. The number of ether oxygens (including phenoxy) is 2. The molecule has 162 valence electrons. The quantitative estimate of drug-likeness (QED) is 0.539. The molecule has 3 aromatic rings. The van der Waals surface area contributed by atoms with Crippen molar-refractivity contribution in [2.75, 3.05) is 32.1 Å². The van der Waals surface area contributed by atoms with Crippen LogP contribution < -0.4 is 14.8 Å². The van der Waals surface area contributed by atoms with E-state index in [0.717, 1.165) is 5.39 Å². The maximum atomic E-state index is 12.8. The predicted octanol–water partition coefficient (Wildman–Crippen LogP) is 4.15. The summed E-state index contributed by atoms with van der Waals surface area (Å²) >= 11 is 6.20. The smallest absolute Gasteiger partial charge is 0.260 e. The van der Waals surface area contributed by atoms with Gasteiger partial charge in [-0.3, -0.25) is 14.6 Å². The van der Waals surface area contributed by atoms with E-state index in [0.29, 0.717) is 40.7 Å². The van der Waals surface area contributed by atoms with Gasteiger partial charge in [-0.15, -0.1) is 0 Å². The van der Waals surface area contributed by atoms with Gasteiger partial charge in [0.2, 0.25) is 5.91 Å². The van der Waals surface area contributed by atoms with Gasteiger partial charge in [0.1, 0.15) is 17.0 Å². The van der Waals surface area contributed by atoms with Crippen molar-refractivity contribution in [3.8, 4) is 11.5 Å². The highest BCUT2D eigenvalue weighted by Crippen LogP contribution is 2.29. The number of aromatic nitrogens is 1. The highest BCUT2D eigenvalue weighted by molar-refractivity contribution is 6.35. The lowest BCUT2D eigenvalue weighted by Gasteiger charge is -2.22. The third-order valence-electron chi connectivity index (χ3n) is 4.59. The second-order valence-electron chi connectivity index (χ2n) is 6.80. The number of para-hydroxylation sites is 2. The Morgan fingerprint density at radius 3 is 2.68 bits per heavy atom. The number of halogens is 1. The SMILES string of the molecule is CCCN(CC(=O)Nc1ccccc1OC)C(=O)COc1ccc(Cl)c2cccnc12. The fourth-order valence-electron chi connectivity index (χ4n) is 3.13. The van der Waals surface area contributed by atoms with Gasteiger partial charge in [-0.25, -0.2) is 0 Å². The van der Waals surface area contributed by atoms with Gasteiger partial charge in [0.05, 0.1) is 24.4 Å². The second kappa shape index (κ2) is 10.6. The zero-order valence-corrected chi connectivity index (χ0v) is 18.2. The summed E-state index contributed by atoms with van der Waals surface area (Å²) in [5.41, 5.74) is 1.13. The summed E-state index contributed by atoms with van der Waals surface area (Å²) in [7, 11) is 1.53. The van der Waals surface area contributed by atoms with Gasteiger partial charge in [-0.05, 0) is 42.8 Å². The maximum Gasteiger partial charge on any atom is 0.260 e. The highest BCUT2D eigenvalue weighted by atomic mass is 35.5.